The summed E-state index contributed by atoms with van der Waals surface area (Å²) in [5, 5.41) is 0. The van der Waals surface area contributed by atoms with Crippen LogP contribution in [-0.4, -0.2) is 41.9 Å². The monoisotopic (exact) mass is 229 g/mol. The number of amides is 1. The van der Waals surface area contributed by atoms with Crippen molar-refractivity contribution >= 4 is 5.91 Å². The Labute approximate surface area is 92.1 Å². The Hall–Kier alpha value is -1.56. The minimum atomic E-state index is -2.56. The van der Waals surface area contributed by atoms with Crippen LogP contribution in [0.5, 0.6) is 0 Å². The molecular weight excluding hydrogens is 216 g/mol. The zero-order valence-electron chi connectivity index (χ0n) is 8.64. The van der Waals surface area contributed by atoms with Gasteiger partial charge in [-0.25, -0.2) is 8.78 Å². The Morgan fingerprint density at radius 1 is 1.56 bits per heavy atom. The van der Waals surface area contributed by atoms with Crippen molar-refractivity contribution in [3.8, 4) is 0 Å². The Bertz CT molecular complexity index is 332. The molecule has 16 heavy (non-hydrogen) atoms. The molecule has 0 aromatic carbocycles. The van der Waals surface area contributed by atoms with Gasteiger partial charge in [-0.15, -0.1) is 0 Å². The summed E-state index contributed by atoms with van der Waals surface area (Å²) in [4.78, 5) is 16.6. The number of carbonyl (C=O) groups excluding carboxylic acids is 1. The predicted molar refractivity (Wildman–Crippen MR) is 55.2 cm³/mol. The SMILES string of the molecule is NCCN(CC(F)F)C(=O)c1cccnc1. The lowest BCUT2D eigenvalue weighted by molar-refractivity contribution is 0.0562. The number of halogens is 2. The summed E-state index contributed by atoms with van der Waals surface area (Å²) in [5.74, 6) is -0.473. The molecular formula is C10H13F2N3O. The van der Waals surface area contributed by atoms with Gasteiger partial charge in [0.1, 0.15) is 0 Å². The molecule has 88 valence electrons. The van der Waals surface area contributed by atoms with E-state index < -0.39 is 18.9 Å². The van der Waals surface area contributed by atoms with Crippen molar-refractivity contribution < 1.29 is 13.6 Å². The topological polar surface area (TPSA) is 59.2 Å². The van der Waals surface area contributed by atoms with Crippen LogP contribution in [0.15, 0.2) is 24.5 Å². The van der Waals surface area contributed by atoms with E-state index in [2.05, 4.69) is 4.98 Å². The maximum Gasteiger partial charge on any atom is 0.255 e. The van der Waals surface area contributed by atoms with Crippen LogP contribution >= 0.6 is 0 Å². The molecule has 2 N–H and O–H groups in total. The van der Waals surface area contributed by atoms with E-state index in [1.54, 1.807) is 6.07 Å². The van der Waals surface area contributed by atoms with Crippen LogP contribution < -0.4 is 5.73 Å². The molecule has 1 aromatic heterocycles. The number of alkyl halides is 2. The summed E-state index contributed by atoms with van der Waals surface area (Å²) in [6, 6.07) is 3.11. The van der Waals surface area contributed by atoms with Crippen molar-refractivity contribution in [3.05, 3.63) is 30.1 Å². The van der Waals surface area contributed by atoms with Gasteiger partial charge in [0.05, 0.1) is 12.1 Å². The molecule has 1 aromatic rings. The lowest BCUT2D eigenvalue weighted by atomic mass is 10.2. The van der Waals surface area contributed by atoms with Crippen LogP contribution in [0.1, 0.15) is 10.4 Å². The van der Waals surface area contributed by atoms with Gasteiger partial charge in [-0.3, -0.25) is 9.78 Å². The number of hydrogen-bond donors (Lipinski definition) is 1. The first kappa shape index (κ1) is 12.5. The first-order chi connectivity index (χ1) is 7.65. The first-order valence-electron chi connectivity index (χ1n) is 4.82. The number of hydrogen-bond acceptors (Lipinski definition) is 3. The lowest BCUT2D eigenvalue weighted by Gasteiger charge is -2.21. The minimum absolute atomic E-state index is 0.109. The second-order valence-corrected chi connectivity index (χ2v) is 3.17. The highest BCUT2D eigenvalue weighted by Crippen LogP contribution is 2.05. The van der Waals surface area contributed by atoms with Gasteiger partial charge in [0.2, 0.25) is 0 Å². The van der Waals surface area contributed by atoms with Crippen molar-refractivity contribution in [2.75, 3.05) is 19.6 Å². The quantitative estimate of drug-likeness (QED) is 0.810. The zero-order chi connectivity index (χ0) is 12.0. The molecule has 0 radical (unpaired) electrons. The molecule has 0 aliphatic heterocycles. The normalized spacial score (nSPS) is 10.5. The Balaban J connectivity index is 2.74. The van der Waals surface area contributed by atoms with Crippen LogP contribution in [0.2, 0.25) is 0 Å². The summed E-state index contributed by atoms with van der Waals surface area (Å²) >= 11 is 0. The van der Waals surface area contributed by atoms with E-state index in [0.29, 0.717) is 0 Å². The van der Waals surface area contributed by atoms with Crippen molar-refractivity contribution in [2.45, 2.75) is 6.43 Å². The van der Waals surface area contributed by atoms with E-state index in [1.807, 2.05) is 0 Å². The number of nitrogens with zero attached hydrogens (tertiary/aromatic N) is 2. The van der Waals surface area contributed by atoms with Gasteiger partial charge in [0.15, 0.2) is 0 Å². The summed E-state index contributed by atoms with van der Waals surface area (Å²) in [6.45, 7) is -0.346. The molecule has 0 fully saturated rings. The third-order valence-corrected chi connectivity index (χ3v) is 1.95. The van der Waals surface area contributed by atoms with Crippen LogP contribution in [0.25, 0.3) is 0 Å². The molecule has 1 amide bonds. The molecule has 1 rings (SSSR count). The summed E-state index contributed by atoms with van der Waals surface area (Å²) in [5.41, 5.74) is 5.56. The highest BCUT2D eigenvalue weighted by atomic mass is 19.3. The van der Waals surface area contributed by atoms with Crippen LogP contribution in [0.4, 0.5) is 8.78 Å². The molecule has 0 saturated heterocycles. The van der Waals surface area contributed by atoms with Gasteiger partial charge >= 0.3 is 0 Å². The molecule has 6 heteroatoms. The predicted octanol–water partition coefficient (Wildman–Crippen LogP) is 0.748. The van der Waals surface area contributed by atoms with Crippen molar-refractivity contribution in [2.24, 2.45) is 5.73 Å². The standard InChI is InChI=1S/C10H13F2N3O/c11-9(12)7-15(5-3-13)10(16)8-2-1-4-14-6-8/h1-2,4,6,9H,3,5,7,13H2. The van der Waals surface area contributed by atoms with Gasteiger partial charge in [-0.2, -0.15) is 0 Å². The molecule has 0 saturated carbocycles. The second-order valence-electron chi connectivity index (χ2n) is 3.17. The van der Waals surface area contributed by atoms with Gasteiger partial charge in [0, 0.05) is 25.5 Å². The van der Waals surface area contributed by atoms with E-state index in [1.165, 1.54) is 18.5 Å². The molecule has 1 heterocycles. The first-order valence-corrected chi connectivity index (χ1v) is 4.82. The van der Waals surface area contributed by atoms with Crippen LogP contribution in [-0.2, 0) is 0 Å². The van der Waals surface area contributed by atoms with E-state index >= 15 is 0 Å². The van der Waals surface area contributed by atoms with E-state index in [-0.39, 0.29) is 18.7 Å². The third-order valence-electron chi connectivity index (χ3n) is 1.95. The average molecular weight is 229 g/mol. The number of carbonyl (C=O) groups is 1. The third kappa shape index (κ3) is 3.54. The van der Waals surface area contributed by atoms with E-state index in [9.17, 15) is 13.6 Å². The zero-order valence-corrected chi connectivity index (χ0v) is 8.64. The average Bonchev–Trinajstić information content (AvgIpc) is 2.28. The maximum atomic E-state index is 12.2. The fraction of sp³-hybridized carbons (Fsp3) is 0.400. The van der Waals surface area contributed by atoms with Crippen LogP contribution in [0.3, 0.4) is 0 Å². The smallest absolute Gasteiger partial charge is 0.255 e. The maximum absolute atomic E-state index is 12.2. The fourth-order valence-electron chi connectivity index (χ4n) is 1.27. The Morgan fingerprint density at radius 2 is 2.31 bits per heavy atom. The molecule has 0 spiro atoms. The van der Waals surface area contributed by atoms with Gasteiger partial charge in [-0.1, -0.05) is 0 Å². The van der Waals surface area contributed by atoms with Crippen LogP contribution in [0, 0.1) is 0 Å². The number of pyridine rings is 1. The summed E-state index contributed by atoms with van der Waals surface area (Å²) in [6.07, 6.45) is 0.293. The van der Waals surface area contributed by atoms with E-state index in [4.69, 9.17) is 5.73 Å². The number of rotatable bonds is 5. The Morgan fingerprint density at radius 3 is 2.81 bits per heavy atom. The van der Waals surface area contributed by atoms with Crippen molar-refractivity contribution in [1.82, 2.24) is 9.88 Å². The molecule has 0 aliphatic carbocycles. The fourth-order valence-corrected chi connectivity index (χ4v) is 1.27. The molecule has 4 nitrogen and oxygen atoms in total. The molecule has 0 unspecified atom stereocenters. The van der Waals surface area contributed by atoms with Gasteiger partial charge < -0.3 is 10.6 Å². The summed E-state index contributed by atoms with van der Waals surface area (Å²) < 4.78 is 24.5. The highest BCUT2D eigenvalue weighted by molar-refractivity contribution is 5.93. The molecule has 0 atom stereocenters. The lowest BCUT2D eigenvalue weighted by Crippen LogP contribution is -2.38. The van der Waals surface area contributed by atoms with Crippen molar-refractivity contribution in [1.29, 1.82) is 0 Å². The Kier molecular flexibility index (Phi) is 4.78. The second kappa shape index (κ2) is 6.12. The van der Waals surface area contributed by atoms with Gasteiger partial charge in [0.25, 0.3) is 12.3 Å². The molecule has 0 bridgehead atoms. The van der Waals surface area contributed by atoms with Gasteiger partial charge in [-0.05, 0) is 12.1 Å². The molecule has 0 aliphatic rings. The number of aromatic nitrogens is 1. The largest absolute Gasteiger partial charge is 0.332 e. The number of nitrogens with two attached hydrogens (primary N) is 1. The van der Waals surface area contributed by atoms with E-state index in [0.717, 1.165) is 4.90 Å². The summed E-state index contributed by atoms with van der Waals surface area (Å²) in [7, 11) is 0. The highest BCUT2D eigenvalue weighted by Gasteiger charge is 2.18. The minimum Gasteiger partial charge on any atom is -0.332 e. The van der Waals surface area contributed by atoms with Crippen molar-refractivity contribution in [3.63, 3.8) is 0 Å².